The molecule has 106 valence electrons. The van der Waals surface area contributed by atoms with Gasteiger partial charge in [-0.15, -0.1) is 0 Å². The Kier molecular flexibility index (Phi) is 6.26. The van der Waals surface area contributed by atoms with Crippen molar-refractivity contribution in [3.8, 4) is 0 Å². The smallest absolute Gasteiger partial charge is 0.249 e. The summed E-state index contributed by atoms with van der Waals surface area (Å²) >= 11 is 0. The van der Waals surface area contributed by atoms with Crippen LogP contribution in [0.1, 0.15) is 48.7 Å². The van der Waals surface area contributed by atoms with E-state index in [0.717, 1.165) is 29.7 Å². The number of hydrogen-bond acceptors (Lipinski definition) is 3. The molecule has 0 atom stereocenters. The molecule has 0 aliphatic carbocycles. The second-order valence-electron chi connectivity index (χ2n) is 4.24. The van der Waals surface area contributed by atoms with Gasteiger partial charge in [0.2, 0.25) is 5.91 Å². The lowest BCUT2D eigenvalue weighted by atomic mass is 9.99. The quantitative estimate of drug-likeness (QED) is 0.258. The Bertz CT molecular complexity index is 560. The van der Waals surface area contributed by atoms with Crippen molar-refractivity contribution < 1.29 is 9.63 Å². The van der Waals surface area contributed by atoms with Crippen molar-refractivity contribution in [3.05, 3.63) is 45.3 Å². The molecule has 1 amide bonds. The van der Waals surface area contributed by atoms with Crippen LogP contribution in [0.25, 0.3) is 10.4 Å². The zero-order chi connectivity index (χ0) is 15.0. The number of nitrogens with zero attached hydrogens (tertiary/aromatic N) is 4. The lowest BCUT2D eigenvalue weighted by Crippen LogP contribution is -2.05. The van der Waals surface area contributed by atoms with Gasteiger partial charge in [-0.3, -0.25) is 4.79 Å². The van der Waals surface area contributed by atoms with Crippen LogP contribution in [0.2, 0.25) is 0 Å². The summed E-state index contributed by atoms with van der Waals surface area (Å²) in [6, 6.07) is 5.32. The first-order valence-corrected chi connectivity index (χ1v) is 6.49. The molecule has 20 heavy (non-hydrogen) atoms. The predicted molar refractivity (Wildman–Crippen MR) is 77.5 cm³/mol. The molecule has 0 unspecified atom stereocenters. The van der Waals surface area contributed by atoms with Crippen molar-refractivity contribution in [3.63, 3.8) is 0 Å². The van der Waals surface area contributed by atoms with Gasteiger partial charge in [-0.1, -0.05) is 37.2 Å². The molecule has 1 rings (SSSR count). The Hall–Kier alpha value is -2.33. The van der Waals surface area contributed by atoms with E-state index in [-0.39, 0.29) is 6.61 Å². The molecule has 1 aromatic carbocycles. The Labute approximate surface area is 118 Å². The summed E-state index contributed by atoms with van der Waals surface area (Å²) in [6.07, 6.45) is 1.56. The summed E-state index contributed by atoms with van der Waals surface area (Å²) in [5, 5.41) is 7.10. The van der Waals surface area contributed by atoms with Gasteiger partial charge in [0.05, 0.1) is 5.71 Å². The highest BCUT2D eigenvalue weighted by Crippen LogP contribution is 2.18. The first-order valence-electron chi connectivity index (χ1n) is 6.49. The molecule has 0 aliphatic heterocycles. The second-order valence-corrected chi connectivity index (χ2v) is 4.24. The third kappa shape index (κ3) is 4.10. The van der Waals surface area contributed by atoms with Crippen LogP contribution in [0, 0.1) is 0 Å². The van der Waals surface area contributed by atoms with Crippen LogP contribution < -0.4 is 0 Å². The average molecular weight is 274 g/mol. The van der Waals surface area contributed by atoms with Crippen LogP contribution in [-0.4, -0.2) is 11.6 Å². The van der Waals surface area contributed by atoms with E-state index in [1.807, 2.05) is 26.8 Å². The average Bonchev–Trinajstić information content (AvgIpc) is 2.47. The minimum atomic E-state index is -0.599. The summed E-state index contributed by atoms with van der Waals surface area (Å²) in [7, 11) is 0. The number of rotatable bonds is 6. The van der Waals surface area contributed by atoms with Crippen LogP contribution >= 0.6 is 0 Å². The van der Waals surface area contributed by atoms with Crippen LogP contribution in [-0.2, 0) is 17.9 Å². The molecule has 6 heteroatoms. The maximum atomic E-state index is 11.8. The van der Waals surface area contributed by atoms with Crippen LogP contribution in [0.15, 0.2) is 28.5 Å². The minimum Gasteiger partial charge on any atom is -0.391 e. The molecule has 0 bridgehead atoms. The van der Waals surface area contributed by atoms with Crippen LogP contribution in [0.5, 0.6) is 0 Å². The number of amides is 1. The van der Waals surface area contributed by atoms with E-state index in [4.69, 9.17) is 10.4 Å². The van der Waals surface area contributed by atoms with E-state index in [1.54, 1.807) is 12.1 Å². The fourth-order valence-electron chi connectivity index (χ4n) is 1.70. The standard InChI is InChI=1S/C14H18N4O2/c1-4-10(3)17-20-9-13-11(5-2)7-6-8-12(13)14(19)16-18-15/h6-8H,4-5,9H2,1-3H3. The van der Waals surface area contributed by atoms with Gasteiger partial charge in [0.15, 0.2) is 0 Å². The van der Waals surface area contributed by atoms with Gasteiger partial charge in [-0.25, -0.2) is 0 Å². The highest BCUT2D eigenvalue weighted by atomic mass is 16.6. The van der Waals surface area contributed by atoms with E-state index in [9.17, 15) is 4.79 Å². The van der Waals surface area contributed by atoms with Gasteiger partial charge in [-0.05, 0) is 36.0 Å². The molecule has 0 spiro atoms. The highest BCUT2D eigenvalue weighted by Gasteiger charge is 2.13. The first kappa shape index (κ1) is 15.7. The monoisotopic (exact) mass is 274 g/mol. The van der Waals surface area contributed by atoms with Gasteiger partial charge in [0, 0.05) is 16.0 Å². The largest absolute Gasteiger partial charge is 0.391 e. The van der Waals surface area contributed by atoms with Gasteiger partial charge >= 0.3 is 0 Å². The van der Waals surface area contributed by atoms with E-state index < -0.39 is 5.91 Å². The molecular weight excluding hydrogens is 256 g/mol. The summed E-state index contributed by atoms with van der Waals surface area (Å²) in [4.78, 5) is 19.6. The summed E-state index contributed by atoms with van der Waals surface area (Å²) in [6.45, 7) is 6.03. The highest BCUT2D eigenvalue weighted by molar-refractivity contribution is 5.96. The molecule has 0 saturated heterocycles. The topological polar surface area (TPSA) is 87.4 Å². The number of carbonyl (C=O) groups is 1. The molecule has 0 aliphatic rings. The molecule has 0 heterocycles. The third-order valence-electron chi connectivity index (χ3n) is 2.96. The molecule has 0 N–H and O–H groups in total. The minimum absolute atomic E-state index is 0.184. The zero-order valence-corrected chi connectivity index (χ0v) is 12.0. The van der Waals surface area contributed by atoms with Gasteiger partial charge < -0.3 is 4.84 Å². The van der Waals surface area contributed by atoms with E-state index >= 15 is 0 Å². The Morgan fingerprint density at radius 1 is 1.40 bits per heavy atom. The third-order valence-corrected chi connectivity index (χ3v) is 2.96. The Morgan fingerprint density at radius 2 is 2.15 bits per heavy atom. The first-order chi connectivity index (χ1) is 9.63. The molecule has 0 saturated carbocycles. The van der Waals surface area contributed by atoms with Crippen LogP contribution in [0.4, 0.5) is 0 Å². The van der Waals surface area contributed by atoms with Gasteiger partial charge in [0.25, 0.3) is 0 Å². The van der Waals surface area contributed by atoms with Crippen molar-refractivity contribution in [2.24, 2.45) is 10.3 Å². The zero-order valence-electron chi connectivity index (χ0n) is 12.0. The number of oxime groups is 1. The summed E-state index contributed by atoms with van der Waals surface area (Å²) < 4.78 is 0. The molecule has 0 aromatic heterocycles. The number of hydrogen-bond donors (Lipinski definition) is 0. The van der Waals surface area contributed by atoms with Crippen molar-refractivity contribution in [2.45, 2.75) is 40.2 Å². The summed E-state index contributed by atoms with van der Waals surface area (Å²) in [5.74, 6) is -0.599. The second kappa shape index (κ2) is 7.96. The lowest BCUT2D eigenvalue weighted by Gasteiger charge is -2.11. The van der Waals surface area contributed by atoms with Crippen molar-refractivity contribution in [2.75, 3.05) is 0 Å². The van der Waals surface area contributed by atoms with Crippen molar-refractivity contribution in [1.82, 2.24) is 0 Å². The van der Waals surface area contributed by atoms with E-state index in [0.29, 0.717) is 5.56 Å². The normalized spacial score (nSPS) is 10.8. The fourth-order valence-corrected chi connectivity index (χ4v) is 1.70. The molecule has 0 radical (unpaired) electrons. The number of benzene rings is 1. The Morgan fingerprint density at radius 3 is 2.75 bits per heavy atom. The molecule has 1 aromatic rings. The van der Waals surface area contributed by atoms with Gasteiger partial charge in [-0.2, -0.15) is 0 Å². The molecule has 0 fully saturated rings. The summed E-state index contributed by atoms with van der Waals surface area (Å²) in [5.41, 5.74) is 11.3. The van der Waals surface area contributed by atoms with E-state index in [2.05, 4.69) is 15.2 Å². The maximum absolute atomic E-state index is 11.8. The van der Waals surface area contributed by atoms with Gasteiger partial charge in [0.1, 0.15) is 6.61 Å². The number of carbonyl (C=O) groups excluding carboxylic acids is 1. The number of aryl methyl sites for hydroxylation is 1. The van der Waals surface area contributed by atoms with Crippen LogP contribution in [0.3, 0.4) is 0 Å². The molecule has 6 nitrogen and oxygen atoms in total. The van der Waals surface area contributed by atoms with Crippen molar-refractivity contribution in [1.29, 1.82) is 0 Å². The maximum Gasteiger partial charge on any atom is 0.249 e. The fraction of sp³-hybridized carbons (Fsp3) is 0.429. The number of azide groups is 1. The predicted octanol–water partition coefficient (Wildman–Crippen LogP) is 4.00. The SMILES string of the molecule is CCC(C)=NOCc1c(CC)cccc1C(=O)N=[N+]=[N-]. The Balaban J connectivity index is 3.07. The van der Waals surface area contributed by atoms with Crippen molar-refractivity contribution >= 4 is 11.6 Å². The molecular formula is C14H18N4O2. The lowest BCUT2D eigenvalue weighted by molar-refractivity contribution is 0.0988. The van der Waals surface area contributed by atoms with E-state index in [1.165, 1.54) is 0 Å².